The molecule has 0 saturated heterocycles. The van der Waals surface area contributed by atoms with Crippen molar-refractivity contribution >= 4 is 5.91 Å². The van der Waals surface area contributed by atoms with Gasteiger partial charge in [0, 0.05) is 6.04 Å². The van der Waals surface area contributed by atoms with Gasteiger partial charge in [0.2, 0.25) is 5.91 Å². The average Bonchev–Trinajstić information content (AvgIpc) is 2.21. The van der Waals surface area contributed by atoms with Crippen LogP contribution in [0.2, 0.25) is 0 Å². The Morgan fingerprint density at radius 2 is 1.62 bits per heavy atom. The minimum Gasteiger partial charge on any atom is -0.351 e. The van der Waals surface area contributed by atoms with Crippen molar-refractivity contribution < 1.29 is 4.79 Å². The maximum atomic E-state index is 11.7. The molecule has 0 aliphatic heterocycles. The summed E-state index contributed by atoms with van der Waals surface area (Å²) in [5, 5.41) is 3.20. The molecule has 4 aliphatic carbocycles. The molecule has 3 heteroatoms. The molecule has 90 valence electrons. The summed E-state index contributed by atoms with van der Waals surface area (Å²) in [6, 6.07) is 0.0727. The first kappa shape index (κ1) is 10.6. The van der Waals surface area contributed by atoms with Gasteiger partial charge in [-0.05, 0) is 62.7 Å². The molecule has 16 heavy (non-hydrogen) atoms. The fourth-order valence-corrected chi connectivity index (χ4v) is 4.46. The molecule has 1 amide bonds. The highest BCUT2D eigenvalue weighted by Crippen LogP contribution is 2.53. The fourth-order valence-electron chi connectivity index (χ4n) is 4.46. The Hall–Kier alpha value is -0.570. The predicted molar refractivity (Wildman–Crippen MR) is 62.6 cm³/mol. The summed E-state index contributed by atoms with van der Waals surface area (Å²) < 4.78 is 0. The maximum Gasteiger partial charge on any atom is 0.236 e. The average molecular weight is 222 g/mol. The van der Waals surface area contributed by atoms with Gasteiger partial charge in [-0.1, -0.05) is 0 Å². The second-order valence-corrected chi connectivity index (χ2v) is 6.25. The van der Waals surface area contributed by atoms with Crippen molar-refractivity contribution in [3.8, 4) is 0 Å². The predicted octanol–water partition coefficient (Wildman–Crippen LogP) is 1.27. The van der Waals surface area contributed by atoms with E-state index >= 15 is 0 Å². The van der Waals surface area contributed by atoms with Crippen LogP contribution in [0.1, 0.15) is 39.0 Å². The van der Waals surface area contributed by atoms with Gasteiger partial charge < -0.3 is 11.1 Å². The van der Waals surface area contributed by atoms with Crippen molar-refractivity contribution in [3.05, 3.63) is 0 Å². The Bertz CT molecular complexity index is 272. The van der Waals surface area contributed by atoms with Crippen LogP contribution in [-0.2, 0) is 4.79 Å². The number of amides is 1. The summed E-state index contributed by atoms with van der Waals surface area (Å²) in [6.45, 7) is 1.77. The van der Waals surface area contributed by atoms with E-state index < -0.39 is 0 Å². The lowest BCUT2D eigenvalue weighted by atomic mass is 9.54. The van der Waals surface area contributed by atoms with Crippen LogP contribution in [0.4, 0.5) is 0 Å². The lowest BCUT2D eigenvalue weighted by Crippen LogP contribution is -2.57. The van der Waals surface area contributed by atoms with Gasteiger partial charge >= 0.3 is 0 Å². The second kappa shape index (κ2) is 3.73. The van der Waals surface area contributed by atoms with Gasteiger partial charge in [0.05, 0.1) is 6.04 Å². The van der Waals surface area contributed by atoms with Crippen molar-refractivity contribution in [1.82, 2.24) is 5.32 Å². The molecule has 0 aromatic carbocycles. The molecule has 4 saturated carbocycles. The minimum absolute atomic E-state index is 0.0393. The van der Waals surface area contributed by atoms with Gasteiger partial charge in [-0.2, -0.15) is 0 Å². The van der Waals surface area contributed by atoms with Crippen LogP contribution in [0.5, 0.6) is 0 Å². The van der Waals surface area contributed by atoms with E-state index in [1.54, 1.807) is 6.92 Å². The lowest BCUT2D eigenvalue weighted by molar-refractivity contribution is -0.125. The van der Waals surface area contributed by atoms with E-state index in [4.69, 9.17) is 5.73 Å². The Morgan fingerprint density at radius 1 is 1.12 bits per heavy atom. The van der Waals surface area contributed by atoms with E-state index in [9.17, 15) is 4.79 Å². The van der Waals surface area contributed by atoms with Crippen LogP contribution in [0.15, 0.2) is 0 Å². The van der Waals surface area contributed by atoms with Crippen molar-refractivity contribution in [2.75, 3.05) is 0 Å². The van der Waals surface area contributed by atoms with Crippen molar-refractivity contribution in [1.29, 1.82) is 0 Å². The van der Waals surface area contributed by atoms with E-state index in [0.29, 0.717) is 6.04 Å². The lowest BCUT2D eigenvalue weighted by Gasteiger charge is -2.54. The molecular formula is C13H22N2O. The number of rotatable bonds is 2. The SMILES string of the molecule is C[C@@H](N)C(=O)NC1C2CC3CC(C2)CC1C3. The van der Waals surface area contributed by atoms with Gasteiger partial charge in [-0.3, -0.25) is 4.79 Å². The standard InChI is InChI=1S/C13H22N2O/c1-7(14)13(16)15-12-10-3-8-2-9(5-10)6-11(12)4-8/h7-12H,2-6,14H2,1H3,(H,15,16)/t7-,8?,9?,10?,11?,12?/m1/s1. The number of hydrogen-bond acceptors (Lipinski definition) is 2. The van der Waals surface area contributed by atoms with Gasteiger partial charge in [0.25, 0.3) is 0 Å². The van der Waals surface area contributed by atoms with E-state index in [-0.39, 0.29) is 11.9 Å². The fraction of sp³-hybridized carbons (Fsp3) is 0.923. The third kappa shape index (κ3) is 1.65. The molecule has 0 unspecified atom stereocenters. The highest BCUT2D eigenvalue weighted by Gasteiger charge is 2.48. The third-order valence-electron chi connectivity index (χ3n) is 4.95. The third-order valence-corrected chi connectivity index (χ3v) is 4.95. The zero-order chi connectivity index (χ0) is 11.3. The number of nitrogens with two attached hydrogens (primary N) is 1. The first-order chi connectivity index (χ1) is 7.63. The van der Waals surface area contributed by atoms with E-state index in [1.165, 1.54) is 32.1 Å². The molecule has 0 heterocycles. The molecular weight excluding hydrogens is 200 g/mol. The first-order valence-corrected chi connectivity index (χ1v) is 6.69. The van der Waals surface area contributed by atoms with Crippen molar-refractivity contribution in [3.63, 3.8) is 0 Å². The second-order valence-electron chi connectivity index (χ2n) is 6.25. The molecule has 4 rings (SSSR count). The monoisotopic (exact) mass is 222 g/mol. The molecule has 0 spiro atoms. The van der Waals surface area contributed by atoms with Gasteiger partial charge in [0.15, 0.2) is 0 Å². The van der Waals surface area contributed by atoms with Crippen LogP contribution in [0.3, 0.4) is 0 Å². The van der Waals surface area contributed by atoms with Gasteiger partial charge in [-0.15, -0.1) is 0 Å². The molecule has 4 bridgehead atoms. The summed E-state index contributed by atoms with van der Waals surface area (Å²) >= 11 is 0. The minimum atomic E-state index is -0.364. The topological polar surface area (TPSA) is 55.1 Å². The van der Waals surface area contributed by atoms with E-state index in [0.717, 1.165) is 23.7 Å². The largest absolute Gasteiger partial charge is 0.351 e. The zero-order valence-electron chi connectivity index (χ0n) is 9.99. The number of carbonyl (C=O) groups is 1. The molecule has 1 atom stereocenters. The molecule has 3 N–H and O–H groups in total. The molecule has 0 aromatic rings. The Balaban J connectivity index is 1.70. The first-order valence-electron chi connectivity index (χ1n) is 6.69. The van der Waals surface area contributed by atoms with Crippen LogP contribution < -0.4 is 11.1 Å². The summed E-state index contributed by atoms with van der Waals surface area (Å²) in [7, 11) is 0. The zero-order valence-corrected chi connectivity index (χ0v) is 9.99. The summed E-state index contributed by atoms with van der Waals surface area (Å²) in [6.07, 6.45) is 6.84. The van der Waals surface area contributed by atoms with Crippen molar-refractivity contribution in [2.45, 2.75) is 51.1 Å². The number of carbonyl (C=O) groups excluding carboxylic acids is 1. The molecule has 4 fully saturated rings. The smallest absolute Gasteiger partial charge is 0.236 e. The Labute approximate surface area is 97.2 Å². The van der Waals surface area contributed by atoms with Crippen LogP contribution >= 0.6 is 0 Å². The van der Waals surface area contributed by atoms with Gasteiger partial charge in [-0.25, -0.2) is 0 Å². The quantitative estimate of drug-likeness (QED) is 0.739. The van der Waals surface area contributed by atoms with Crippen molar-refractivity contribution in [2.24, 2.45) is 29.4 Å². The molecule has 0 radical (unpaired) electrons. The number of hydrogen-bond donors (Lipinski definition) is 2. The maximum absolute atomic E-state index is 11.7. The summed E-state index contributed by atoms with van der Waals surface area (Å²) in [5.41, 5.74) is 5.63. The van der Waals surface area contributed by atoms with Crippen LogP contribution in [-0.4, -0.2) is 18.0 Å². The molecule has 3 nitrogen and oxygen atoms in total. The molecule has 0 aromatic heterocycles. The van der Waals surface area contributed by atoms with Crippen LogP contribution in [0, 0.1) is 23.7 Å². The Morgan fingerprint density at radius 3 is 2.06 bits per heavy atom. The van der Waals surface area contributed by atoms with Gasteiger partial charge in [0.1, 0.15) is 0 Å². The highest BCUT2D eigenvalue weighted by atomic mass is 16.2. The van der Waals surface area contributed by atoms with E-state index in [2.05, 4.69) is 5.32 Å². The molecule has 4 aliphatic rings. The highest BCUT2D eigenvalue weighted by molar-refractivity contribution is 5.81. The summed E-state index contributed by atoms with van der Waals surface area (Å²) in [5.74, 6) is 3.47. The Kier molecular flexibility index (Phi) is 2.46. The number of nitrogens with one attached hydrogen (secondary N) is 1. The van der Waals surface area contributed by atoms with Crippen LogP contribution in [0.25, 0.3) is 0 Å². The van der Waals surface area contributed by atoms with E-state index in [1.807, 2.05) is 0 Å². The normalized spacial score (nSPS) is 46.8. The summed E-state index contributed by atoms with van der Waals surface area (Å²) in [4.78, 5) is 11.7.